The molecule has 1 aliphatic heterocycles. The Bertz CT molecular complexity index is 751. The number of piperidine rings is 1. The zero-order valence-corrected chi connectivity index (χ0v) is 17.1. The summed E-state index contributed by atoms with van der Waals surface area (Å²) in [4.78, 5) is 15.1. The summed E-state index contributed by atoms with van der Waals surface area (Å²) in [6.45, 7) is 7.91. The molecule has 28 heavy (non-hydrogen) atoms. The molecule has 0 spiro atoms. The van der Waals surface area contributed by atoms with Gasteiger partial charge in [-0.3, -0.25) is 9.69 Å². The van der Waals surface area contributed by atoms with Crippen molar-refractivity contribution in [2.75, 3.05) is 13.1 Å². The minimum atomic E-state index is -0.473. The second kappa shape index (κ2) is 10.3. The number of hydrogen-bond donors (Lipinski definition) is 1. The van der Waals surface area contributed by atoms with E-state index in [1.165, 1.54) is 43.5 Å². The highest BCUT2D eigenvalue weighted by molar-refractivity contribution is 5.81. The monoisotopic (exact) mass is 380 g/mol. The Hall–Kier alpha value is -2.33. The van der Waals surface area contributed by atoms with Crippen molar-refractivity contribution in [3.63, 3.8) is 0 Å². The molecule has 0 bridgehead atoms. The molecule has 2 aromatic rings. The van der Waals surface area contributed by atoms with Crippen molar-refractivity contribution >= 4 is 5.91 Å². The van der Waals surface area contributed by atoms with Crippen LogP contribution in [0.4, 0.5) is 0 Å². The molecule has 0 radical (unpaired) electrons. The fourth-order valence-corrected chi connectivity index (χ4v) is 3.62. The summed E-state index contributed by atoms with van der Waals surface area (Å²) >= 11 is 0. The van der Waals surface area contributed by atoms with Crippen molar-refractivity contribution in [1.29, 1.82) is 0 Å². The smallest absolute Gasteiger partial charge is 0.261 e. The average molecular weight is 381 g/mol. The van der Waals surface area contributed by atoms with Crippen molar-refractivity contribution in [1.82, 2.24) is 10.2 Å². The number of carbonyl (C=O) groups excluding carboxylic acids is 1. The fourth-order valence-electron chi connectivity index (χ4n) is 3.62. The van der Waals surface area contributed by atoms with Gasteiger partial charge >= 0.3 is 0 Å². The van der Waals surface area contributed by atoms with Gasteiger partial charge in [0.05, 0.1) is 0 Å². The van der Waals surface area contributed by atoms with E-state index in [9.17, 15) is 4.79 Å². The molecule has 1 saturated heterocycles. The van der Waals surface area contributed by atoms with E-state index < -0.39 is 6.10 Å². The van der Waals surface area contributed by atoms with Gasteiger partial charge in [-0.25, -0.2) is 0 Å². The van der Waals surface area contributed by atoms with Gasteiger partial charge in [-0.2, -0.15) is 0 Å². The van der Waals surface area contributed by atoms with Crippen LogP contribution in [0, 0.1) is 6.92 Å². The number of nitrogens with one attached hydrogen (secondary N) is 1. The summed E-state index contributed by atoms with van der Waals surface area (Å²) in [5.74, 6) is 0.667. The first kappa shape index (κ1) is 20.4. The van der Waals surface area contributed by atoms with Crippen molar-refractivity contribution < 1.29 is 9.53 Å². The van der Waals surface area contributed by atoms with E-state index in [0.717, 1.165) is 17.9 Å². The number of rotatable bonds is 8. The Morgan fingerprint density at radius 3 is 2.50 bits per heavy atom. The highest BCUT2D eigenvalue weighted by Crippen LogP contribution is 2.16. The Morgan fingerprint density at radius 1 is 1.07 bits per heavy atom. The summed E-state index contributed by atoms with van der Waals surface area (Å²) < 4.78 is 5.87. The lowest BCUT2D eigenvalue weighted by atomic mass is 10.1. The first-order valence-electron chi connectivity index (χ1n) is 10.5. The molecule has 0 unspecified atom stereocenters. The minimum absolute atomic E-state index is 0.0653. The van der Waals surface area contributed by atoms with E-state index >= 15 is 0 Å². The first-order valence-corrected chi connectivity index (χ1v) is 10.5. The van der Waals surface area contributed by atoms with Crippen LogP contribution in [0.15, 0.2) is 48.5 Å². The molecule has 0 aromatic heterocycles. The SMILES string of the molecule is CC[C@@H](Oc1ccc(C)cc1)C(=O)NCc1cccc(CN2CCCCC2)c1. The van der Waals surface area contributed by atoms with Crippen molar-refractivity contribution in [2.24, 2.45) is 0 Å². The number of aryl methyl sites for hydroxylation is 1. The Morgan fingerprint density at radius 2 is 1.79 bits per heavy atom. The highest BCUT2D eigenvalue weighted by atomic mass is 16.5. The van der Waals surface area contributed by atoms with Crippen LogP contribution >= 0.6 is 0 Å². The van der Waals surface area contributed by atoms with E-state index in [-0.39, 0.29) is 5.91 Å². The zero-order valence-electron chi connectivity index (χ0n) is 17.1. The molecule has 1 N–H and O–H groups in total. The van der Waals surface area contributed by atoms with Crippen LogP contribution in [0.3, 0.4) is 0 Å². The lowest BCUT2D eigenvalue weighted by Crippen LogP contribution is -2.37. The van der Waals surface area contributed by atoms with E-state index in [2.05, 4.69) is 34.5 Å². The molecule has 1 amide bonds. The van der Waals surface area contributed by atoms with Crippen LogP contribution in [0.5, 0.6) is 5.75 Å². The highest BCUT2D eigenvalue weighted by Gasteiger charge is 2.18. The lowest BCUT2D eigenvalue weighted by Gasteiger charge is -2.26. The molecular formula is C24H32N2O2. The molecule has 4 heteroatoms. The van der Waals surface area contributed by atoms with Gasteiger partial charge in [0.25, 0.3) is 5.91 Å². The summed E-state index contributed by atoms with van der Waals surface area (Å²) in [5.41, 5.74) is 3.62. The summed E-state index contributed by atoms with van der Waals surface area (Å²) in [7, 11) is 0. The molecule has 1 aliphatic rings. The van der Waals surface area contributed by atoms with Crippen LogP contribution in [0.25, 0.3) is 0 Å². The van der Waals surface area contributed by atoms with Gasteiger partial charge in [-0.1, -0.05) is 55.3 Å². The number of hydrogen-bond acceptors (Lipinski definition) is 3. The summed E-state index contributed by atoms with van der Waals surface area (Å²) in [6, 6.07) is 16.3. The van der Waals surface area contributed by atoms with Crippen LogP contribution in [-0.2, 0) is 17.9 Å². The van der Waals surface area contributed by atoms with Gasteiger partial charge < -0.3 is 10.1 Å². The second-order valence-electron chi connectivity index (χ2n) is 7.70. The molecule has 1 atom stereocenters. The van der Waals surface area contributed by atoms with Crippen molar-refractivity contribution in [3.8, 4) is 5.75 Å². The molecule has 1 fully saturated rings. The van der Waals surface area contributed by atoms with Crippen molar-refractivity contribution in [3.05, 3.63) is 65.2 Å². The van der Waals surface area contributed by atoms with Crippen LogP contribution in [-0.4, -0.2) is 30.0 Å². The molecule has 2 aromatic carbocycles. The van der Waals surface area contributed by atoms with Gasteiger partial charge in [0, 0.05) is 13.1 Å². The van der Waals surface area contributed by atoms with Gasteiger partial charge in [-0.15, -0.1) is 0 Å². The Balaban J connectivity index is 1.52. The van der Waals surface area contributed by atoms with E-state index in [0.29, 0.717) is 13.0 Å². The van der Waals surface area contributed by atoms with Gasteiger partial charge in [0.2, 0.25) is 0 Å². The van der Waals surface area contributed by atoms with E-state index in [4.69, 9.17) is 4.74 Å². The maximum Gasteiger partial charge on any atom is 0.261 e. The molecular weight excluding hydrogens is 348 g/mol. The molecule has 0 aliphatic carbocycles. The zero-order chi connectivity index (χ0) is 19.8. The molecule has 1 heterocycles. The van der Waals surface area contributed by atoms with E-state index in [1.54, 1.807) is 0 Å². The predicted molar refractivity (Wildman–Crippen MR) is 113 cm³/mol. The summed E-state index contributed by atoms with van der Waals surface area (Å²) in [6.07, 6.45) is 4.12. The number of carbonyl (C=O) groups is 1. The topological polar surface area (TPSA) is 41.6 Å². The first-order chi connectivity index (χ1) is 13.6. The normalized spacial score (nSPS) is 15.8. The third kappa shape index (κ3) is 6.10. The van der Waals surface area contributed by atoms with Crippen molar-refractivity contribution in [2.45, 2.75) is 58.7 Å². The lowest BCUT2D eigenvalue weighted by molar-refractivity contribution is -0.128. The maximum atomic E-state index is 12.6. The van der Waals surface area contributed by atoms with Crippen LogP contribution < -0.4 is 10.1 Å². The van der Waals surface area contributed by atoms with E-state index in [1.807, 2.05) is 38.1 Å². The standard InChI is InChI=1S/C24H32N2O2/c1-3-23(28-22-12-10-19(2)11-13-22)24(27)25-17-20-8-7-9-21(16-20)18-26-14-5-4-6-15-26/h7-13,16,23H,3-6,14-15,17-18H2,1-2H3,(H,25,27)/t23-/m1/s1. The molecule has 0 saturated carbocycles. The van der Waals surface area contributed by atoms with Gasteiger partial charge in [0.15, 0.2) is 6.10 Å². The summed E-state index contributed by atoms with van der Waals surface area (Å²) in [5, 5.41) is 3.03. The largest absolute Gasteiger partial charge is 0.481 e. The minimum Gasteiger partial charge on any atom is -0.481 e. The number of ether oxygens (including phenoxy) is 1. The van der Waals surface area contributed by atoms with Crippen LogP contribution in [0.2, 0.25) is 0 Å². The number of nitrogens with zero attached hydrogens (tertiary/aromatic N) is 1. The van der Waals surface area contributed by atoms with Gasteiger partial charge in [-0.05, 0) is 62.5 Å². The van der Waals surface area contributed by atoms with Gasteiger partial charge in [0.1, 0.15) is 5.75 Å². The fraction of sp³-hybridized carbons (Fsp3) is 0.458. The maximum absolute atomic E-state index is 12.6. The second-order valence-corrected chi connectivity index (χ2v) is 7.70. The third-order valence-corrected chi connectivity index (χ3v) is 5.28. The Labute approximate surface area is 168 Å². The molecule has 3 rings (SSSR count). The molecule has 4 nitrogen and oxygen atoms in total. The third-order valence-electron chi connectivity index (χ3n) is 5.28. The Kier molecular flexibility index (Phi) is 7.49. The number of likely N-dealkylation sites (tertiary alicyclic amines) is 1. The molecule has 150 valence electrons. The number of benzene rings is 2. The quantitative estimate of drug-likeness (QED) is 0.735. The predicted octanol–water partition coefficient (Wildman–Crippen LogP) is 4.45. The van der Waals surface area contributed by atoms with Crippen LogP contribution in [0.1, 0.15) is 49.3 Å². The average Bonchev–Trinajstić information content (AvgIpc) is 2.72. The number of amides is 1.